The Morgan fingerprint density at radius 2 is 1.77 bits per heavy atom. The van der Waals surface area contributed by atoms with Crippen LogP contribution in [0.25, 0.3) is 0 Å². The molecule has 0 saturated carbocycles. The number of carbonyl (C=O) groups is 2. The minimum absolute atomic E-state index is 0.0791. The molecule has 0 atom stereocenters. The van der Waals surface area contributed by atoms with Gasteiger partial charge in [0, 0.05) is 13.1 Å². The summed E-state index contributed by atoms with van der Waals surface area (Å²) in [6.45, 7) is 3.61. The summed E-state index contributed by atoms with van der Waals surface area (Å²) in [4.78, 5) is 27.3. The van der Waals surface area contributed by atoms with E-state index in [4.69, 9.17) is 4.74 Å². The van der Waals surface area contributed by atoms with Crippen LogP contribution in [0.2, 0.25) is 0 Å². The van der Waals surface area contributed by atoms with E-state index in [1.54, 1.807) is 12.1 Å². The van der Waals surface area contributed by atoms with E-state index in [1.165, 1.54) is 36.3 Å². The maximum Gasteiger partial charge on any atom is 0.324 e. The van der Waals surface area contributed by atoms with Gasteiger partial charge in [-0.1, -0.05) is 18.6 Å². The van der Waals surface area contributed by atoms with E-state index < -0.39 is 0 Å². The molecule has 0 spiro atoms. The number of rotatable bonds is 7. The molecule has 2 aromatic rings. The number of hydrogen-bond acceptors (Lipinski definition) is 4. The molecule has 2 aromatic carbocycles. The second kappa shape index (κ2) is 9.26. The molecule has 0 aliphatic carbocycles. The highest BCUT2D eigenvalue weighted by Gasteiger charge is 2.26. The third-order valence-electron chi connectivity index (χ3n) is 5.55. The fourth-order valence-corrected chi connectivity index (χ4v) is 3.95. The van der Waals surface area contributed by atoms with Crippen LogP contribution in [0.4, 0.5) is 9.18 Å². The quantitative estimate of drug-likeness (QED) is 0.706. The van der Waals surface area contributed by atoms with Gasteiger partial charge < -0.3 is 14.5 Å². The number of urea groups is 1. The molecule has 0 unspecified atom stereocenters. The van der Waals surface area contributed by atoms with Crippen molar-refractivity contribution in [3.05, 3.63) is 59.4 Å². The molecule has 4 rings (SSSR count). The number of carbonyl (C=O) groups excluding carboxylic acids is 2. The van der Waals surface area contributed by atoms with Crippen LogP contribution in [-0.2, 0) is 17.8 Å². The molecular formula is C23H26FN3O3. The van der Waals surface area contributed by atoms with Gasteiger partial charge >= 0.3 is 6.03 Å². The Balaban J connectivity index is 1.51. The van der Waals surface area contributed by atoms with E-state index in [-0.39, 0.29) is 24.3 Å². The summed E-state index contributed by atoms with van der Waals surface area (Å²) in [6.07, 6.45) is 4.57. The predicted octanol–water partition coefficient (Wildman–Crippen LogP) is 3.70. The summed E-state index contributed by atoms with van der Waals surface area (Å²) < 4.78 is 19.3. The molecule has 6 nitrogen and oxygen atoms in total. The first kappa shape index (κ1) is 20.3. The molecule has 3 amide bonds. The van der Waals surface area contributed by atoms with Crippen molar-refractivity contribution < 1.29 is 18.7 Å². The average molecular weight is 411 g/mol. The molecule has 0 aromatic heterocycles. The number of imide groups is 1. The Kier molecular flexibility index (Phi) is 6.28. The number of ether oxygens (including phenoxy) is 1. The van der Waals surface area contributed by atoms with E-state index in [2.05, 4.69) is 10.2 Å². The molecule has 2 saturated heterocycles. The lowest BCUT2D eigenvalue weighted by molar-refractivity contribution is -0.118. The molecule has 7 heteroatoms. The number of halogens is 1. The summed E-state index contributed by atoms with van der Waals surface area (Å²) in [7, 11) is 0. The third-order valence-corrected chi connectivity index (χ3v) is 5.55. The highest BCUT2D eigenvalue weighted by molar-refractivity contribution is 6.01. The molecule has 2 aliphatic heterocycles. The zero-order chi connectivity index (χ0) is 20.9. The number of nitrogens with zero attached hydrogens (tertiary/aromatic N) is 2. The van der Waals surface area contributed by atoms with Gasteiger partial charge in [0.1, 0.15) is 23.9 Å². The van der Waals surface area contributed by atoms with Gasteiger partial charge in [0.2, 0.25) is 5.91 Å². The van der Waals surface area contributed by atoms with Crippen molar-refractivity contribution in [3.63, 3.8) is 0 Å². The summed E-state index contributed by atoms with van der Waals surface area (Å²) in [5.74, 6) is 0.722. The Bertz CT molecular complexity index is 910. The zero-order valence-electron chi connectivity index (χ0n) is 16.9. The van der Waals surface area contributed by atoms with Gasteiger partial charge in [-0.3, -0.25) is 10.1 Å². The topological polar surface area (TPSA) is 61.9 Å². The number of likely N-dealkylation sites (tertiary alicyclic amines) is 1. The minimum atomic E-state index is -0.360. The fraction of sp³-hybridized carbons (Fsp3) is 0.391. The molecular weight excluding hydrogens is 385 g/mol. The Labute approximate surface area is 175 Å². The lowest BCUT2D eigenvalue weighted by atomic mass is 10.0. The maximum atomic E-state index is 13.2. The van der Waals surface area contributed by atoms with Gasteiger partial charge in [-0.2, -0.15) is 0 Å². The molecule has 1 N–H and O–H groups in total. The normalized spacial score (nSPS) is 17.3. The monoisotopic (exact) mass is 411 g/mol. The highest BCUT2D eigenvalue weighted by atomic mass is 19.1. The van der Waals surface area contributed by atoms with Crippen LogP contribution in [0.1, 0.15) is 30.4 Å². The first-order valence-corrected chi connectivity index (χ1v) is 10.4. The van der Waals surface area contributed by atoms with Gasteiger partial charge in [-0.05, 0) is 73.8 Å². The lowest BCUT2D eigenvalue weighted by Crippen LogP contribution is -2.31. The van der Waals surface area contributed by atoms with Crippen molar-refractivity contribution in [3.8, 4) is 11.5 Å². The summed E-state index contributed by atoms with van der Waals surface area (Å²) in [6, 6.07) is 11.4. The van der Waals surface area contributed by atoms with Gasteiger partial charge in [0.15, 0.2) is 0 Å². The van der Waals surface area contributed by atoms with Crippen LogP contribution >= 0.6 is 0 Å². The van der Waals surface area contributed by atoms with Crippen LogP contribution in [0.15, 0.2) is 42.5 Å². The first-order chi connectivity index (χ1) is 14.6. The number of benzene rings is 2. The SMILES string of the molecule is O=C1CN(Cc2ccc(Oc3ccc(F)cc3)c(CCN3CCCCC3)c2)C(=O)N1. The first-order valence-electron chi connectivity index (χ1n) is 10.4. The number of amides is 3. The van der Waals surface area contributed by atoms with Crippen LogP contribution in [0.5, 0.6) is 11.5 Å². The Morgan fingerprint density at radius 3 is 2.47 bits per heavy atom. The summed E-state index contributed by atoms with van der Waals surface area (Å²) in [5, 5.41) is 2.30. The zero-order valence-corrected chi connectivity index (χ0v) is 16.9. The van der Waals surface area contributed by atoms with Crippen molar-refractivity contribution in [1.29, 1.82) is 0 Å². The third kappa shape index (κ3) is 5.16. The van der Waals surface area contributed by atoms with E-state index in [0.29, 0.717) is 12.3 Å². The Morgan fingerprint density at radius 1 is 1.00 bits per heavy atom. The van der Waals surface area contributed by atoms with Gasteiger partial charge in [0.05, 0.1) is 0 Å². The van der Waals surface area contributed by atoms with Gasteiger partial charge in [-0.15, -0.1) is 0 Å². The standard InChI is InChI=1S/C23H26FN3O3/c24-19-5-7-20(8-6-19)30-21-9-4-17(15-27-16-22(28)25-23(27)29)14-18(21)10-13-26-11-2-1-3-12-26/h4-9,14H,1-3,10-13,15-16H2,(H,25,28,29). The summed E-state index contributed by atoms with van der Waals surface area (Å²) in [5.41, 5.74) is 1.98. The van der Waals surface area contributed by atoms with Crippen LogP contribution < -0.4 is 10.1 Å². The fourth-order valence-electron chi connectivity index (χ4n) is 3.95. The predicted molar refractivity (Wildman–Crippen MR) is 111 cm³/mol. The van der Waals surface area contributed by atoms with Crippen molar-refractivity contribution in [2.45, 2.75) is 32.2 Å². The highest BCUT2D eigenvalue weighted by Crippen LogP contribution is 2.28. The molecule has 30 heavy (non-hydrogen) atoms. The number of piperidine rings is 1. The minimum Gasteiger partial charge on any atom is -0.457 e. The van der Waals surface area contributed by atoms with Crippen molar-refractivity contribution in [2.24, 2.45) is 0 Å². The molecule has 0 radical (unpaired) electrons. The summed E-state index contributed by atoms with van der Waals surface area (Å²) >= 11 is 0. The van der Waals surface area contributed by atoms with E-state index in [1.807, 2.05) is 18.2 Å². The van der Waals surface area contributed by atoms with Crippen molar-refractivity contribution in [2.75, 3.05) is 26.2 Å². The Hall–Kier alpha value is -2.93. The number of nitrogens with one attached hydrogen (secondary N) is 1. The average Bonchev–Trinajstić information content (AvgIpc) is 3.07. The van der Waals surface area contributed by atoms with Gasteiger partial charge in [-0.25, -0.2) is 9.18 Å². The smallest absolute Gasteiger partial charge is 0.324 e. The van der Waals surface area contributed by atoms with Crippen molar-refractivity contribution >= 4 is 11.9 Å². The van der Waals surface area contributed by atoms with E-state index in [9.17, 15) is 14.0 Å². The largest absolute Gasteiger partial charge is 0.457 e. The van der Waals surface area contributed by atoms with Crippen LogP contribution in [0, 0.1) is 5.82 Å². The maximum absolute atomic E-state index is 13.2. The molecule has 158 valence electrons. The van der Waals surface area contributed by atoms with Crippen LogP contribution in [0.3, 0.4) is 0 Å². The molecule has 0 bridgehead atoms. The van der Waals surface area contributed by atoms with Crippen molar-refractivity contribution in [1.82, 2.24) is 15.1 Å². The number of hydrogen-bond donors (Lipinski definition) is 1. The molecule has 2 heterocycles. The second-order valence-electron chi connectivity index (χ2n) is 7.86. The molecule has 2 fully saturated rings. The van der Waals surface area contributed by atoms with E-state index in [0.717, 1.165) is 42.9 Å². The van der Waals surface area contributed by atoms with Gasteiger partial charge in [0.25, 0.3) is 0 Å². The lowest BCUT2D eigenvalue weighted by Gasteiger charge is -2.26. The van der Waals surface area contributed by atoms with E-state index >= 15 is 0 Å². The molecule has 2 aliphatic rings. The second-order valence-corrected chi connectivity index (χ2v) is 7.86. The van der Waals surface area contributed by atoms with Crippen LogP contribution in [-0.4, -0.2) is 47.9 Å².